The molecule has 3 aromatic carbocycles. The standard InChI is InChI=1S/C38H44N2O2.2C32H38NO2.3CH4/c1-25-28-19-29(35(2,3)4)21-31(25)32(26-11-15-39(9)16-12-26)22-30-23-38(36(5,6)7)24-34(37(30,8)41-42-38)33(20-28)27-13-17-40(10)18-14-27;1-21-23-10-11-25-19-32(30(5,6)7)20-28(31(25,8)34-35-32)27(22-12-14-33(9)15-13-22)18-24(21)17-26(16-23)29(2,3)4;1-21-23-10-11-24-19-32(30(5,6)7)20-26(31(24,8)34-35-32)18-28(22-12-14-33(9)15-13-22)27(21)17-25(16-23)29(2,3)4;;;/h11-24H,1-10H3;2*10-20H,1-9H3;3*1H4/q+2;2*+1;;;/b32-22-,33-20?;11-10-,27-18?;11-10?,28-18-;;;. The van der Waals surface area contributed by atoms with E-state index in [1.807, 2.05) is 0 Å². The van der Waals surface area contributed by atoms with Gasteiger partial charge in [0.25, 0.3) is 0 Å². The second-order valence-electron chi connectivity index (χ2n) is 39.7. The van der Waals surface area contributed by atoms with Gasteiger partial charge in [-0.2, -0.15) is 0 Å². The van der Waals surface area contributed by atoms with Gasteiger partial charge in [0.05, 0.1) is 0 Å². The van der Waals surface area contributed by atoms with Gasteiger partial charge in [-0.1, -0.05) is 208 Å². The molecule has 0 radical (unpaired) electrons. The van der Waals surface area contributed by atoms with Gasteiger partial charge in [0.1, 0.15) is 45.0 Å². The van der Waals surface area contributed by atoms with Gasteiger partial charge in [-0.15, -0.1) is 0 Å². The van der Waals surface area contributed by atoms with Crippen molar-refractivity contribution < 1.29 is 47.6 Å². The monoisotopic (exact) mass is 1550 g/mol. The van der Waals surface area contributed by atoms with E-state index < -0.39 is 33.6 Å². The summed E-state index contributed by atoms with van der Waals surface area (Å²) in [5, 5.41) is 0. The smallest absolute Gasteiger partial charge is 0.169 e. The predicted molar refractivity (Wildman–Crippen MR) is 475 cm³/mol. The molecule has 10 heterocycles. The molecular formula is C105H132N4O6+4. The molecule has 604 valence electrons. The van der Waals surface area contributed by atoms with Crippen LogP contribution in [-0.4, -0.2) is 33.6 Å². The molecule has 0 saturated heterocycles. The Bertz CT molecular complexity index is 5430. The van der Waals surface area contributed by atoms with Crippen molar-refractivity contribution in [3.05, 3.63) is 318 Å². The Labute approximate surface area is 690 Å². The number of fused-ring (bicyclic) bond motifs is 9. The lowest BCUT2D eigenvalue weighted by molar-refractivity contribution is -0.671. The molecule has 10 nitrogen and oxygen atoms in total. The fourth-order valence-electron chi connectivity index (χ4n) is 16.5. The van der Waals surface area contributed by atoms with Gasteiger partial charge < -0.3 is 0 Å². The van der Waals surface area contributed by atoms with Gasteiger partial charge >= 0.3 is 0 Å². The average molecular weight is 1550 g/mol. The van der Waals surface area contributed by atoms with Crippen LogP contribution in [0.5, 0.6) is 0 Å². The molecule has 6 unspecified atom stereocenters. The summed E-state index contributed by atoms with van der Waals surface area (Å²) in [5.74, 6) is 0. The van der Waals surface area contributed by atoms with Crippen LogP contribution >= 0.6 is 0 Å². The number of pyridine rings is 4. The van der Waals surface area contributed by atoms with Crippen molar-refractivity contribution in [1.82, 2.24) is 0 Å². The number of hydrogen-bond acceptors (Lipinski definition) is 6. The molecule has 0 saturated carbocycles. The van der Waals surface area contributed by atoms with E-state index >= 15 is 0 Å². The fourth-order valence-corrected chi connectivity index (χ4v) is 16.5. The maximum atomic E-state index is 6.51. The first-order valence-electron chi connectivity index (χ1n) is 40.1. The number of aromatic nitrogens is 4. The second-order valence-corrected chi connectivity index (χ2v) is 39.7. The number of nitrogens with zero attached hydrogens (tertiary/aromatic N) is 4. The van der Waals surface area contributed by atoms with Crippen molar-refractivity contribution in [2.24, 2.45) is 44.4 Å². The normalized spacial score (nSPS) is 25.4. The molecule has 6 aliphatic heterocycles. The SMILES string of the molecule is C.C.C.Cc1c2cc(C(C)(C)C)cc1/C(c1cc[n+](C)cc1)=C\C1=CC3(C(C)(C)C)C=C(C(c4cc[n+](C)cc4)=C2)C1(C)OO3.Cc1c2cc(C(C)(C)C)cc1/C(c1cc[n+](C)cc1)=C\C1=CC3(C(C)(C)C)C=C(C=C2)C1(C)OO3.Cc1c2cc(C(C)(C)C)cc1/C=C\C1=CC3(C(C)(C)C)C=C(C(c4cc[n+](C)cc4)=C2)C1(C)OO3. The van der Waals surface area contributed by atoms with Crippen LogP contribution in [0.4, 0.5) is 0 Å². The van der Waals surface area contributed by atoms with Crippen LogP contribution in [0.15, 0.2) is 229 Å². The highest BCUT2D eigenvalue weighted by Gasteiger charge is 2.59. The zero-order valence-electron chi connectivity index (χ0n) is 72.0. The molecule has 12 aliphatic rings. The van der Waals surface area contributed by atoms with Gasteiger partial charge in [0, 0.05) is 64.8 Å². The first-order chi connectivity index (χ1) is 52.1. The van der Waals surface area contributed by atoms with Crippen molar-refractivity contribution in [3.63, 3.8) is 0 Å². The summed E-state index contributed by atoms with van der Waals surface area (Å²) in [7, 11) is 8.22. The predicted octanol–water partition coefficient (Wildman–Crippen LogP) is 23.2. The lowest BCUT2D eigenvalue weighted by Crippen LogP contribution is -2.55. The molecule has 0 amide bonds. The Hall–Kier alpha value is -9.10. The Kier molecular flexibility index (Phi) is 22.5. The van der Waals surface area contributed by atoms with Crippen molar-refractivity contribution >= 4 is 46.6 Å². The van der Waals surface area contributed by atoms with E-state index in [1.165, 1.54) is 100 Å². The highest BCUT2D eigenvalue weighted by Crippen LogP contribution is 2.59. The molecule has 0 spiro atoms. The van der Waals surface area contributed by atoms with Gasteiger partial charge in [0.15, 0.2) is 66.4 Å². The molecule has 0 fully saturated rings. The van der Waals surface area contributed by atoms with Crippen LogP contribution in [-0.2, 0) is 73.8 Å². The van der Waals surface area contributed by atoms with E-state index in [-0.39, 0.29) is 54.8 Å². The zero-order valence-corrected chi connectivity index (χ0v) is 72.0. The van der Waals surface area contributed by atoms with Gasteiger partial charge in [-0.25, -0.2) is 47.6 Å². The minimum atomic E-state index is -0.793. The molecule has 10 heteroatoms. The first kappa shape index (κ1) is 86.8. The maximum absolute atomic E-state index is 6.51. The minimum absolute atomic E-state index is 0. The van der Waals surface area contributed by atoms with E-state index in [2.05, 4.69) is 432 Å². The Morgan fingerprint density at radius 1 is 0.278 bits per heavy atom. The lowest BCUT2D eigenvalue weighted by atomic mass is 9.64. The molecule has 18 bridgehead atoms. The van der Waals surface area contributed by atoms with Crippen LogP contribution < -0.4 is 18.3 Å². The van der Waals surface area contributed by atoms with Crippen LogP contribution in [0.2, 0.25) is 0 Å². The van der Waals surface area contributed by atoms with E-state index in [4.69, 9.17) is 29.3 Å². The van der Waals surface area contributed by atoms with Crippen LogP contribution in [0.25, 0.3) is 46.6 Å². The number of benzene rings is 3. The Balaban J connectivity index is 0.000000169. The molecule has 19 rings (SSSR count). The topological polar surface area (TPSA) is 70.9 Å². The zero-order chi connectivity index (χ0) is 81.0. The fraction of sp³-hybridized carbons (Fsp3) is 0.410. The van der Waals surface area contributed by atoms with Crippen molar-refractivity contribution in [2.45, 2.75) is 238 Å². The molecule has 6 aliphatic carbocycles. The van der Waals surface area contributed by atoms with E-state index in [1.54, 1.807) is 0 Å². The highest BCUT2D eigenvalue weighted by molar-refractivity contribution is 5.98. The largest absolute Gasteiger partial charge is 0.220 e. The number of rotatable bonds is 4. The number of hydrogen-bond donors (Lipinski definition) is 0. The Morgan fingerprint density at radius 3 is 0.887 bits per heavy atom. The molecule has 115 heavy (non-hydrogen) atoms. The third kappa shape index (κ3) is 15.4. The van der Waals surface area contributed by atoms with E-state index in [0.29, 0.717) is 0 Å². The molecule has 6 atom stereocenters. The van der Waals surface area contributed by atoms with E-state index in [9.17, 15) is 0 Å². The summed E-state index contributed by atoms with van der Waals surface area (Å²) >= 11 is 0. The van der Waals surface area contributed by atoms with Gasteiger partial charge in [-0.3, -0.25) is 0 Å². The van der Waals surface area contributed by atoms with Crippen LogP contribution in [0.3, 0.4) is 0 Å². The third-order valence-electron chi connectivity index (χ3n) is 25.4. The van der Waals surface area contributed by atoms with Gasteiger partial charge in [0.2, 0.25) is 0 Å². The maximum Gasteiger partial charge on any atom is 0.169 e. The summed E-state index contributed by atoms with van der Waals surface area (Å²) in [6, 6.07) is 31.8. The van der Waals surface area contributed by atoms with Crippen LogP contribution in [0.1, 0.15) is 257 Å². The Morgan fingerprint density at radius 2 is 0.539 bits per heavy atom. The lowest BCUT2D eigenvalue weighted by Gasteiger charge is -2.52. The van der Waals surface area contributed by atoms with Crippen molar-refractivity contribution in [1.29, 1.82) is 0 Å². The summed E-state index contributed by atoms with van der Waals surface area (Å²) in [4.78, 5) is 37.6. The van der Waals surface area contributed by atoms with Crippen molar-refractivity contribution in [3.8, 4) is 0 Å². The molecular weight excluding hydrogens is 1410 g/mol. The summed E-state index contributed by atoms with van der Waals surface area (Å²) in [6.45, 7) is 53.5. The van der Waals surface area contributed by atoms with Gasteiger partial charge in [-0.05, 0) is 263 Å². The first-order valence-corrected chi connectivity index (χ1v) is 40.1. The molecule has 4 aromatic heterocycles. The number of aryl methyl sites for hydroxylation is 4. The summed E-state index contributed by atoms with van der Waals surface area (Å²) in [6.07, 6.45) is 49.1. The summed E-state index contributed by atoms with van der Waals surface area (Å²) in [5.41, 5.74) is 26.7. The molecule has 7 aromatic rings. The highest BCUT2D eigenvalue weighted by atomic mass is 17.2. The van der Waals surface area contributed by atoms with Crippen molar-refractivity contribution in [2.75, 3.05) is 0 Å². The van der Waals surface area contributed by atoms with Crippen LogP contribution in [0, 0.1) is 37.0 Å². The minimum Gasteiger partial charge on any atom is -0.220 e. The third-order valence-corrected chi connectivity index (χ3v) is 25.4. The second kappa shape index (κ2) is 29.8. The van der Waals surface area contributed by atoms with E-state index in [0.717, 1.165) is 44.6 Å². The quantitative estimate of drug-likeness (QED) is 0.129. The average Bonchev–Trinajstić information content (AvgIpc) is 0.712. The summed E-state index contributed by atoms with van der Waals surface area (Å²) < 4.78 is 8.31. The molecule has 0 N–H and O–H groups in total.